The zero-order chi connectivity index (χ0) is 14.3. The van der Waals surface area contributed by atoms with Crippen molar-refractivity contribution in [3.8, 4) is 0 Å². The first-order valence-corrected chi connectivity index (χ1v) is 6.44. The van der Waals surface area contributed by atoms with E-state index in [1.165, 1.54) is 6.07 Å². The minimum Gasteiger partial charge on any atom is -0.324 e. The molecule has 106 valence electrons. The Morgan fingerprint density at radius 2 is 2.00 bits per heavy atom. The number of carbonyl (C=O) groups excluding carboxylic acids is 1. The first-order valence-electron chi connectivity index (χ1n) is 6.44. The van der Waals surface area contributed by atoms with Gasteiger partial charge in [0.05, 0.1) is 5.69 Å². The molecule has 0 aliphatic carbocycles. The summed E-state index contributed by atoms with van der Waals surface area (Å²) in [7, 11) is 0. The normalized spacial score (nSPS) is 10.8. The summed E-state index contributed by atoms with van der Waals surface area (Å²) in [6, 6.07) is 3.07. The fourth-order valence-electron chi connectivity index (χ4n) is 1.52. The van der Waals surface area contributed by atoms with Crippen LogP contribution in [-0.4, -0.2) is 19.0 Å². The van der Waals surface area contributed by atoms with Gasteiger partial charge < -0.3 is 10.6 Å². The molecule has 1 amide bonds. The Morgan fingerprint density at radius 3 is 2.63 bits per heavy atom. The van der Waals surface area contributed by atoms with Crippen LogP contribution in [0.4, 0.5) is 14.5 Å². The number of hydrogen-bond acceptors (Lipinski definition) is 2. The van der Waals surface area contributed by atoms with E-state index in [9.17, 15) is 13.6 Å². The van der Waals surface area contributed by atoms with Crippen LogP contribution >= 0.6 is 0 Å². The quantitative estimate of drug-likeness (QED) is 0.748. The zero-order valence-electron chi connectivity index (χ0n) is 11.3. The maximum atomic E-state index is 13.3. The third-order valence-electron chi connectivity index (χ3n) is 2.63. The summed E-state index contributed by atoms with van der Waals surface area (Å²) in [6.45, 7) is 5.66. The predicted octanol–water partition coefficient (Wildman–Crippen LogP) is 2.93. The van der Waals surface area contributed by atoms with Crippen LogP contribution in [0, 0.1) is 17.6 Å². The topological polar surface area (TPSA) is 41.1 Å². The lowest BCUT2D eigenvalue weighted by Crippen LogP contribution is -2.23. The Morgan fingerprint density at radius 1 is 1.26 bits per heavy atom. The monoisotopic (exact) mass is 270 g/mol. The minimum absolute atomic E-state index is 0.00794. The highest BCUT2D eigenvalue weighted by atomic mass is 19.1. The molecule has 0 atom stereocenters. The van der Waals surface area contributed by atoms with Crippen LogP contribution in [0.15, 0.2) is 18.2 Å². The summed E-state index contributed by atoms with van der Waals surface area (Å²) in [5.74, 6) is -1.09. The van der Waals surface area contributed by atoms with Gasteiger partial charge in [0.1, 0.15) is 11.6 Å². The van der Waals surface area contributed by atoms with E-state index in [2.05, 4.69) is 24.5 Å². The molecule has 1 aromatic rings. The second-order valence-electron chi connectivity index (χ2n) is 4.85. The number of nitrogens with one attached hydrogen (secondary N) is 2. The molecule has 0 aliphatic rings. The smallest absolute Gasteiger partial charge is 0.225 e. The van der Waals surface area contributed by atoms with Gasteiger partial charge in [0, 0.05) is 19.0 Å². The maximum Gasteiger partial charge on any atom is 0.225 e. The van der Waals surface area contributed by atoms with Crippen LogP contribution < -0.4 is 10.6 Å². The molecule has 3 nitrogen and oxygen atoms in total. The van der Waals surface area contributed by atoms with Gasteiger partial charge in [0.15, 0.2) is 0 Å². The summed E-state index contributed by atoms with van der Waals surface area (Å²) < 4.78 is 25.9. The molecular weight excluding hydrogens is 250 g/mol. The molecule has 19 heavy (non-hydrogen) atoms. The number of rotatable bonds is 7. The number of carbonyl (C=O) groups is 1. The first kappa shape index (κ1) is 15.6. The van der Waals surface area contributed by atoms with Crippen molar-refractivity contribution < 1.29 is 13.6 Å². The zero-order valence-corrected chi connectivity index (χ0v) is 11.3. The SMILES string of the molecule is CC(C)CCNCCC(=O)Nc1ccc(F)cc1F. The van der Waals surface area contributed by atoms with E-state index in [1.54, 1.807) is 0 Å². The standard InChI is InChI=1S/C14H20F2N2O/c1-10(2)5-7-17-8-6-14(19)18-13-4-3-11(15)9-12(13)16/h3-4,9-10,17H,5-8H2,1-2H3,(H,18,19). The summed E-state index contributed by atoms with van der Waals surface area (Å²) in [5.41, 5.74) is 0.00794. The van der Waals surface area contributed by atoms with Gasteiger partial charge in [0.2, 0.25) is 5.91 Å². The van der Waals surface area contributed by atoms with Crippen LogP contribution in [0.3, 0.4) is 0 Å². The maximum absolute atomic E-state index is 13.3. The predicted molar refractivity (Wildman–Crippen MR) is 71.9 cm³/mol. The van der Waals surface area contributed by atoms with Crippen molar-refractivity contribution in [2.45, 2.75) is 26.7 Å². The van der Waals surface area contributed by atoms with Gasteiger partial charge >= 0.3 is 0 Å². The van der Waals surface area contributed by atoms with Crippen molar-refractivity contribution in [1.82, 2.24) is 5.32 Å². The van der Waals surface area contributed by atoms with Crippen molar-refractivity contribution in [2.75, 3.05) is 18.4 Å². The van der Waals surface area contributed by atoms with Crippen LogP contribution in [0.5, 0.6) is 0 Å². The molecule has 0 bridgehead atoms. The van der Waals surface area contributed by atoms with Gasteiger partial charge in [-0.1, -0.05) is 13.8 Å². The molecule has 5 heteroatoms. The van der Waals surface area contributed by atoms with Crippen LogP contribution in [0.25, 0.3) is 0 Å². The molecule has 1 rings (SSSR count). The van der Waals surface area contributed by atoms with Crippen LogP contribution in [0.2, 0.25) is 0 Å². The summed E-state index contributed by atoms with van der Waals surface area (Å²) in [5, 5.41) is 5.56. The summed E-state index contributed by atoms with van der Waals surface area (Å²) in [4.78, 5) is 11.5. The molecule has 0 saturated carbocycles. The van der Waals surface area contributed by atoms with Crippen LogP contribution in [0.1, 0.15) is 26.7 Å². The Bertz CT molecular complexity index is 422. The third-order valence-corrected chi connectivity index (χ3v) is 2.63. The Balaban J connectivity index is 2.27. The largest absolute Gasteiger partial charge is 0.324 e. The van der Waals surface area contributed by atoms with Crippen molar-refractivity contribution in [3.63, 3.8) is 0 Å². The summed E-state index contributed by atoms with van der Waals surface area (Å²) >= 11 is 0. The highest BCUT2D eigenvalue weighted by molar-refractivity contribution is 5.90. The molecule has 0 saturated heterocycles. The molecule has 1 aromatic carbocycles. The van der Waals surface area contributed by atoms with Crippen molar-refractivity contribution in [3.05, 3.63) is 29.8 Å². The average molecular weight is 270 g/mol. The molecule has 0 unspecified atom stereocenters. The van der Waals surface area contributed by atoms with Gasteiger partial charge in [-0.05, 0) is 31.0 Å². The lowest BCUT2D eigenvalue weighted by molar-refractivity contribution is -0.116. The minimum atomic E-state index is -0.763. The third kappa shape index (κ3) is 6.29. The fourth-order valence-corrected chi connectivity index (χ4v) is 1.52. The molecule has 0 heterocycles. The lowest BCUT2D eigenvalue weighted by atomic mass is 10.1. The molecule has 0 radical (unpaired) electrons. The summed E-state index contributed by atoms with van der Waals surface area (Å²) in [6.07, 6.45) is 1.31. The molecule has 0 aromatic heterocycles. The number of benzene rings is 1. The van der Waals surface area contributed by atoms with E-state index in [0.717, 1.165) is 25.1 Å². The highest BCUT2D eigenvalue weighted by Crippen LogP contribution is 2.14. The van der Waals surface area contributed by atoms with Crippen molar-refractivity contribution in [2.24, 2.45) is 5.92 Å². The average Bonchev–Trinajstić information content (AvgIpc) is 2.32. The Labute approximate surface area is 112 Å². The van der Waals surface area contributed by atoms with Crippen molar-refractivity contribution >= 4 is 11.6 Å². The van der Waals surface area contributed by atoms with E-state index >= 15 is 0 Å². The van der Waals surface area contributed by atoms with Gasteiger partial charge in [-0.15, -0.1) is 0 Å². The Kier molecular flexibility index (Phi) is 6.42. The number of anilines is 1. The van der Waals surface area contributed by atoms with E-state index < -0.39 is 11.6 Å². The van der Waals surface area contributed by atoms with E-state index in [0.29, 0.717) is 12.5 Å². The van der Waals surface area contributed by atoms with Crippen molar-refractivity contribution in [1.29, 1.82) is 0 Å². The first-order chi connectivity index (χ1) is 8.99. The fraction of sp³-hybridized carbons (Fsp3) is 0.500. The second kappa shape index (κ2) is 7.84. The van der Waals surface area contributed by atoms with Crippen LogP contribution in [-0.2, 0) is 4.79 Å². The van der Waals surface area contributed by atoms with Gasteiger partial charge in [-0.25, -0.2) is 8.78 Å². The number of amides is 1. The van der Waals surface area contributed by atoms with E-state index in [-0.39, 0.29) is 18.0 Å². The number of halogens is 2. The second-order valence-corrected chi connectivity index (χ2v) is 4.85. The highest BCUT2D eigenvalue weighted by Gasteiger charge is 2.07. The molecule has 0 fully saturated rings. The van der Waals surface area contributed by atoms with Gasteiger partial charge in [-0.2, -0.15) is 0 Å². The molecule has 0 aliphatic heterocycles. The lowest BCUT2D eigenvalue weighted by Gasteiger charge is -2.08. The van der Waals surface area contributed by atoms with Gasteiger partial charge in [0.25, 0.3) is 0 Å². The van der Waals surface area contributed by atoms with E-state index in [1.807, 2.05) is 0 Å². The molecular formula is C14H20F2N2O. The van der Waals surface area contributed by atoms with E-state index in [4.69, 9.17) is 0 Å². The number of hydrogen-bond donors (Lipinski definition) is 2. The molecule has 2 N–H and O–H groups in total. The van der Waals surface area contributed by atoms with Gasteiger partial charge in [-0.3, -0.25) is 4.79 Å². The Hall–Kier alpha value is -1.49. The molecule has 0 spiro atoms.